The Labute approximate surface area is 125 Å². The van der Waals surface area contributed by atoms with Crippen molar-refractivity contribution in [2.75, 3.05) is 20.8 Å². The van der Waals surface area contributed by atoms with E-state index in [4.69, 9.17) is 9.47 Å². The average Bonchev–Trinajstić information content (AvgIpc) is 3.03. The van der Waals surface area contributed by atoms with E-state index in [2.05, 4.69) is 14.9 Å². The number of rotatable bonds is 9. The van der Waals surface area contributed by atoms with Crippen LogP contribution in [0.5, 0.6) is 11.5 Å². The number of ether oxygens (including phenoxy) is 2. The van der Waals surface area contributed by atoms with E-state index in [1.165, 1.54) is 0 Å². The number of aromatic nitrogens is 2. The van der Waals surface area contributed by atoms with Crippen molar-refractivity contribution in [3.8, 4) is 11.5 Å². The van der Waals surface area contributed by atoms with Gasteiger partial charge in [0, 0.05) is 31.0 Å². The Morgan fingerprint density at radius 3 is 2.81 bits per heavy atom. The van der Waals surface area contributed by atoms with Gasteiger partial charge in [-0.05, 0) is 37.6 Å². The van der Waals surface area contributed by atoms with Gasteiger partial charge in [-0.25, -0.2) is 4.98 Å². The van der Waals surface area contributed by atoms with Crippen LogP contribution < -0.4 is 14.8 Å². The number of hydrogen-bond acceptors (Lipinski definition) is 4. The summed E-state index contributed by atoms with van der Waals surface area (Å²) in [6.07, 6.45) is 7.93. The predicted octanol–water partition coefficient (Wildman–Crippen LogP) is 2.47. The molecule has 0 aliphatic carbocycles. The van der Waals surface area contributed by atoms with Crippen LogP contribution in [-0.4, -0.2) is 30.3 Å². The standard InChI is InChI=1S/C16H23N3O2/c1-20-15-5-6-16(21-2)14(11-15)12-17-7-3-4-9-19-10-8-18-13-19/h5-6,8,10-11,13,17H,3-4,7,9,12H2,1-2H3. The second kappa shape index (κ2) is 8.32. The summed E-state index contributed by atoms with van der Waals surface area (Å²) in [5, 5.41) is 3.45. The van der Waals surface area contributed by atoms with E-state index >= 15 is 0 Å². The van der Waals surface area contributed by atoms with Gasteiger partial charge >= 0.3 is 0 Å². The van der Waals surface area contributed by atoms with Gasteiger partial charge in [-0.1, -0.05) is 0 Å². The minimum Gasteiger partial charge on any atom is -0.497 e. The van der Waals surface area contributed by atoms with E-state index in [-0.39, 0.29) is 0 Å². The smallest absolute Gasteiger partial charge is 0.123 e. The molecule has 0 amide bonds. The molecule has 2 rings (SSSR count). The summed E-state index contributed by atoms with van der Waals surface area (Å²) in [6, 6.07) is 5.86. The molecule has 0 radical (unpaired) electrons. The Morgan fingerprint density at radius 1 is 1.19 bits per heavy atom. The molecule has 5 heteroatoms. The van der Waals surface area contributed by atoms with Crippen molar-refractivity contribution in [3.05, 3.63) is 42.5 Å². The van der Waals surface area contributed by atoms with Crippen LogP contribution in [0.2, 0.25) is 0 Å². The van der Waals surface area contributed by atoms with Gasteiger partial charge in [0.1, 0.15) is 11.5 Å². The highest BCUT2D eigenvalue weighted by Crippen LogP contribution is 2.23. The third kappa shape index (κ3) is 4.79. The molecule has 1 heterocycles. The van der Waals surface area contributed by atoms with E-state index in [0.29, 0.717) is 0 Å². The molecule has 0 fully saturated rings. The van der Waals surface area contributed by atoms with Gasteiger partial charge in [0.25, 0.3) is 0 Å². The van der Waals surface area contributed by atoms with Gasteiger partial charge in [-0.3, -0.25) is 0 Å². The highest BCUT2D eigenvalue weighted by Gasteiger charge is 2.04. The number of nitrogens with one attached hydrogen (secondary N) is 1. The third-order valence-corrected chi connectivity index (χ3v) is 3.38. The molecule has 0 atom stereocenters. The lowest BCUT2D eigenvalue weighted by Gasteiger charge is -2.11. The van der Waals surface area contributed by atoms with Crippen LogP contribution in [0.3, 0.4) is 0 Å². The maximum Gasteiger partial charge on any atom is 0.123 e. The number of imidazole rings is 1. The number of hydrogen-bond donors (Lipinski definition) is 1. The molecule has 21 heavy (non-hydrogen) atoms. The number of benzene rings is 1. The molecule has 5 nitrogen and oxygen atoms in total. The summed E-state index contributed by atoms with van der Waals surface area (Å²) in [5.74, 6) is 1.74. The maximum atomic E-state index is 5.37. The molecule has 2 aromatic rings. The third-order valence-electron chi connectivity index (χ3n) is 3.38. The van der Waals surface area contributed by atoms with Crippen molar-refractivity contribution in [2.45, 2.75) is 25.9 Å². The van der Waals surface area contributed by atoms with Crippen LogP contribution in [0.15, 0.2) is 36.9 Å². The summed E-state index contributed by atoms with van der Waals surface area (Å²) in [6.45, 7) is 2.78. The van der Waals surface area contributed by atoms with Gasteiger partial charge < -0.3 is 19.4 Å². The summed E-state index contributed by atoms with van der Waals surface area (Å²) >= 11 is 0. The normalized spacial score (nSPS) is 10.6. The molecule has 0 saturated carbocycles. The van der Waals surface area contributed by atoms with Crippen LogP contribution in [0.25, 0.3) is 0 Å². The van der Waals surface area contributed by atoms with Crippen LogP contribution >= 0.6 is 0 Å². The lowest BCUT2D eigenvalue weighted by atomic mass is 10.2. The van der Waals surface area contributed by atoms with Gasteiger partial charge in [0.15, 0.2) is 0 Å². The zero-order chi connectivity index (χ0) is 14.9. The van der Waals surface area contributed by atoms with Gasteiger partial charge in [-0.2, -0.15) is 0 Å². The Morgan fingerprint density at radius 2 is 2.10 bits per heavy atom. The van der Waals surface area contributed by atoms with E-state index in [1.54, 1.807) is 14.2 Å². The first-order valence-electron chi connectivity index (χ1n) is 7.21. The quantitative estimate of drug-likeness (QED) is 0.720. The van der Waals surface area contributed by atoms with Gasteiger partial charge in [-0.15, -0.1) is 0 Å². The fraction of sp³-hybridized carbons (Fsp3) is 0.438. The fourth-order valence-corrected chi connectivity index (χ4v) is 2.21. The molecule has 0 unspecified atom stereocenters. The number of methoxy groups -OCH3 is 2. The van der Waals surface area contributed by atoms with Gasteiger partial charge in [0.05, 0.1) is 20.5 Å². The van der Waals surface area contributed by atoms with Crippen molar-refractivity contribution in [1.82, 2.24) is 14.9 Å². The Balaban J connectivity index is 1.70. The molecule has 0 bridgehead atoms. The van der Waals surface area contributed by atoms with Crippen molar-refractivity contribution < 1.29 is 9.47 Å². The molecular formula is C16H23N3O2. The number of unbranched alkanes of at least 4 members (excludes halogenated alkanes) is 1. The number of aryl methyl sites for hydroxylation is 1. The minimum atomic E-state index is 0.783. The summed E-state index contributed by atoms with van der Waals surface area (Å²) in [7, 11) is 3.37. The van der Waals surface area contributed by atoms with E-state index < -0.39 is 0 Å². The average molecular weight is 289 g/mol. The molecule has 1 N–H and O–H groups in total. The predicted molar refractivity (Wildman–Crippen MR) is 82.7 cm³/mol. The Hall–Kier alpha value is -2.01. The fourth-order valence-electron chi connectivity index (χ4n) is 2.21. The summed E-state index contributed by atoms with van der Waals surface area (Å²) in [5.41, 5.74) is 1.12. The Kier molecular flexibility index (Phi) is 6.09. The zero-order valence-electron chi connectivity index (χ0n) is 12.7. The topological polar surface area (TPSA) is 48.3 Å². The summed E-state index contributed by atoms with van der Waals surface area (Å²) < 4.78 is 12.7. The minimum absolute atomic E-state index is 0.783. The molecule has 114 valence electrons. The summed E-state index contributed by atoms with van der Waals surface area (Å²) in [4.78, 5) is 4.03. The van der Waals surface area contributed by atoms with E-state index in [0.717, 1.165) is 49.5 Å². The highest BCUT2D eigenvalue weighted by molar-refractivity contribution is 5.40. The van der Waals surface area contributed by atoms with Crippen molar-refractivity contribution >= 4 is 0 Å². The Bertz CT molecular complexity index is 526. The number of nitrogens with zero attached hydrogens (tertiary/aromatic N) is 2. The maximum absolute atomic E-state index is 5.37. The van der Waals surface area contributed by atoms with Crippen molar-refractivity contribution in [1.29, 1.82) is 0 Å². The van der Waals surface area contributed by atoms with Crippen LogP contribution in [0.4, 0.5) is 0 Å². The second-order valence-corrected chi connectivity index (χ2v) is 4.86. The first-order valence-corrected chi connectivity index (χ1v) is 7.21. The SMILES string of the molecule is COc1ccc(OC)c(CNCCCCn2ccnc2)c1. The molecule has 0 aliphatic rings. The second-order valence-electron chi connectivity index (χ2n) is 4.86. The van der Waals surface area contributed by atoms with Crippen LogP contribution in [0, 0.1) is 0 Å². The molecule has 0 saturated heterocycles. The molecule has 0 spiro atoms. The van der Waals surface area contributed by atoms with Crippen molar-refractivity contribution in [3.63, 3.8) is 0 Å². The van der Waals surface area contributed by atoms with Crippen LogP contribution in [-0.2, 0) is 13.1 Å². The lowest BCUT2D eigenvalue weighted by Crippen LogP contribution is -2.15. The lowest BCUT2D eigenvalue weighted by molar-refractivity contribution is 0.397. The molecule has 0 aliphatic heterocycles. The first kappa shape index (κ1) is 15.4. The largest absolute Gasteiger partial charge is 0.497 e. The molecule has 1 aromatic heterocycles. The molecule has 1 aromatic carbocycles. The molecular weight excluding hydrogens is 266 g/mol. The zero-order valence-corrected chi connectivity index (χ0v) is 12.7. The van der Waals surface area contributed by atoms with E-state index in [1.807, 2.05) is 36.9 Å². The monoisotopic (exact) mass is 289 g/mol. The van der Waals surface area contributed by atoms with Crippen molar-refractivity contribution in [2.24, 2.45) is 0 Å². The first-order chi connectivity index (χ1) is 10.3. The van der Waals surface area contributed by atoms with Gasteiger partial charge in [0.2, 0.25) is 0 Å². The van der Waals surface area contributed by atoms with Crippen LogP contribution in [0.1, 0.15) is 18.4 Å². The highest BCUT2D eigenvalue weighted by atomic mass is 16.5. The van der Waals surface area contributed by atoms with E-state index in [9.17, 15) is 0 Å².